The van der Waals surface area contributed by atoms with Gasteiger partial charge in [-0.2, -0.15) is 13.2 Å². The molecule has 0 radical (unpaired) electrons. The highest BCUT2D eigenvalue weighted by Gasteiger charge is 2.30. The van der Waals surface area contributed by atoms with Crippen LogP contribution in [0.25, 0.3) is 16.4 Å². The van der Waals surface area contributed by atoms with Gasteiger partial charge in [-0.05, 0) is 30.3 Å². The molecule has 0 atom stereocenters. The molecule has 33 heavy (non-hydrogen) atoms. The number of benzene rings is 2. The summed E-state index contributed by atoms with van der Waals surface area (Å²) in [5, 5.41) is 0.510. The Morgan fingerprint density at radius 2 is 1.88 bits per heavy atom. The summed E-state index contributed by atoms with van der Waals surface area (Å²) in [6, 6.07) is 9.14. The lowest BCUT2D eigenvalue weighted by molar-refractivity contribution is -0.137. The van der Waals surface area contributed by atoms with Gasteiger partial charge in [0.15, 0.2) is 5.82 Å². The quantitative estimate of drug-likeness (QED) is 0.455. The molecule has 2 aromatic carbocycles. The fourth-order valence-electron chi connectivity index (χ4n) is 4.06. The highest BCUT2D eigenvalue weighted by molar-refractivity contribution is 6.49. The van der Waals surface area contributed by atoms with E-state index >= 15 is 0 Å². The first kappa shape index (κ1) is 21.9. The van der Waals surface area contributed by atoms with Crippen LogP contribution in [0.3, 0.4) is 0 Å². The third-order valence-corrected chi connectivity index (χ3v) is 6.26. The van der Waals surface area contributed by atoms with Crippen LogP contribution in [0.5, 0.6) is 5.75 Å². The van der Waals surface area contributed by atoms with Crippen molar-refractivity contribution in [1.82, 2.24) is 14.9 Å². The van der Waals surface area contributed by atoms with Crippen molar-refractivity contribution in [3.8, 4) is 17.1 Å². The van der Waals surface area contributed by atoms with E-state index in [0.29, 0.717) is 53.9 Å². The molecule has 4 nitrogen and oxygen atoms in total. The molecule has 3 aromatic rings. The molecule has 2 aliphatic heterocycles. The van der Waals surface area contributed by atoms with Gasteiger partial charge in [-0.25, -0.2) is 14.4 Å². The van der Waals surface area contributed by atoms with E-state index in [1.165, 1.54) is 24.3 Å². The molecule has 3 heterocycles. The van der Waals surface area contributed by atoms with E-state index in [2.05, 4.69) is 14.9 Å². The van der Waals surface area contributed by atoms with Crippen LogP contribution in [-0.2, 0) is 19.1 Å². The van der Waals surface area contributed by atoms with Gasteiger partial charge in [0.25, 0.3) is 0 Å². The molecule has 0 saturated heterocycles. The summed E-state index contributed by atoms with van der Waals surface area (Å²) in [6.45, 7) is 2.23. The lowest BCUT2D eigenvalue weighted by Gasteiger charge is -2.30. The lowest BCUT2D eigenvalue weighted by Crippen LogP contribution is -2.34. The minimum Gasteiger partial charge on any atom is -0.488 e. The molecular weight excluding hydrogens is 458 g/mol. The lowest BCUT2D eigenvalue weighted by atomic mass is 10.0. The molecule has 0 amide bonds. The summed E-state index contributed by atoms with van der Waals surface area (Å²) >= 11 is 6.54. The number of aromatic nitrogens is 2. The maximum Gasteiger partial charge on any atom is 0.416 e. The van der Waals surface area contributed by atoms with Crippen molar-refractivity contribution in [3.63, 3.8) is 0 Å². The number of fused-ring (bicyclic) bond motifs is 2. The number of rotatable bonds is 3. The van der Waals surface area contributed by atoms with Crippen LogP contribution in [0.2, 0.25) is 0 Å². The molecule has 170 valence electrons. The van der Waals surface area contributed by atoms with Crippen LogP contribution in [0.4, 0.5) is 17.6 Å². The molecule has 2 aliphatic rings. The van der Waals surface area contributed by atoms with Crippen LogP contribution in [-0.4, -0.2) is 34.6 Å². The Morgan fingerprint density at radius 3 is 2.64 bits per heavy atom. The predicted molar refractivity (Wildman–Crippen MR) is 116 cm³/mol. The first-order chi connectivity index (χ1) is 15.8. The summed E-state index contributed by atoms with van der Waals surface area (Å²) in [5.74, 6) is 0.601. The zero-order chi connectivity index (χ0) is 23.2. The summed E-state index contributed by atoms with van der Waals surface area (Å²) in [7, 11) is 0. The molecule has 0 bridgehead atoms. The summed E-state index contributed by atoms with van der Waals surface area (Å²) in [4.78, 5) is 11.1. The Hall–Kier alpha value is -2.97. The van der Waals surface area contributed by atoms with E-state index in [9.17, 15) is 17.6 Å². The van der Waals surface area contributed by atoms with Gasteiger partial charge in [0.2, 0.25) is 0 Å². The highest BCUT2D eigenvalue weighted by atomic mass is 35.5. The molecule has 0 aliphatic carbocycles. The highest BCUT2D eigenvalue weighted by Crippen LogP contribution is 2.37. The van der Waals surface area contributed by atoms with E-state index in [1.807, 2.05) is 0 Å². The Labute approximate surface area is 192 Å². The van der Waals surface area contributed by atoms with E-state index < -0.39 is 11.7 Å². The number of nitrogens with zero attached hydrogens (tertiary/aromatic N) is 3. The van der Waals surface area contributed by atoms with Crippen LogP contribution >= 0.6 is 11.6 Å². The molecule has 0 saturated carbocycles. The second-order valence-electron chi connectivity index (χ2n) is 8.05. The van der Waals surface area contributed by atoms with Gasteiger partial charge in [0.1, 0.15) is 18.2 Å². The normalized spacial score (nSPS) is 16.3. The van der Waals surface area contributed by atoms with Gasteiger partial charge in [0.05, 0.1) is 16.3 Å². The Morgan fingerprint density at radius 1 is 1.09 bits per heavy atom. The van der Waals surface area contributed by atoms with Gasteiger partial charge >= 0.3 is 6.18 Å². The number of ether oxygens (including phenoxy) is 1. The average molecular weight is 476 g/mol. The third-order valence-electron chi connectivity index (χ3n) is 5.79. The van der Waals surface area contributed by atoms with E-state index in [-0.39, 0.29) is 5.82 Å². The molecule has 1 aromatic heterocycles. The zero-order valence-electron chi connectivity index (χ0n) is 17.3. The fraction of sp³-hybridized carbons (Fsp3) is 0.250. The number of alkyl halides is 3. The van der Waals surface area contributed by atoms with Gasteiger partial charge in [-0.1, -0.05) is 23.7 Å². The molecular formula is C24H18ClF4N3O. The Bertz CT molecular complexity index is 1240. The first-order valence-corrected chi connectivity index (χ1v) is 10.7. The van der Waals surface area contributed by atoms with Gasteiger partial charge in [-0.15, -0.1) is 0 Å². The second-order valence-corrected chi connectivity index (χ2v) is 8.43. The molecule has 0 spiro atoms. The van der Waals surface area contributed by atoms with Crippen molar-refractivity contribution < 1.29 is 22.3 Å². The predicted octanol–water partition coefficient (Wildman–Crippen LogP) is 5.70. The van der Waals surface area contributed by atoms with Crippen molar-refractivity contribution in [1.29, 1.82) is 0 Å². The molecule has 0 unspecified atom stereocenters. The summed E-state index contributed by atoms with van der Waals surface area (Å²) < 4.78 is 57.8. The maximum atomic E-state index is 13.6. The maximum absolute atomic E-state index is 13.6. The van der Waals surface area contributed by atoms with E-state index in [4.69, 9.17) is 16.3 Å². The smallest absolute Gasteiger partial charge is 0.416 e. The summed E-state index contributed by atoms with van der Waals surface area (Å²) in [6.07, 6.45) is -1.99. The van der Waals surface area contributed by atoms with Crippen LogP contribution < -0.4 is 4.74 Å². The third kappa shape index (κ3) is 4.45. The van der Waals surface area contributed by atoms with E-state index in [1.54, 1.807) is 12.3 Å². The van der Waals surface area contributed by atoms with Gasteiger partial charge in [-0.3, -0.25) is 4.90 Å². The van der Waals surface area contributed by atoms with E-state index in [0.717, 1.165) is 35.5 Å². The zero-order valence-corrected chi connectivity index (χ0v) is 18.0. The first-order valence-electron chi connectivity index (χ1n) is 10.3. The molecule has 0 N–H and O–H groups in total. The monoisotopic (exact) mass is 475 g/mol. The van der Waals surface area contributed by atoms with Crippen LogP contribution in [0.1, 0.15) is 22.4 Å². The number of hydrogen-bond donors (Lipinski definition) is 0. The largest absolute Gasteiger partial charge is 0.488 e. The van der Waals surface area contributed by atoms with Gasteiger partial charge < -0.3 is 4.74 Å². The number of hydrogen-bond acceptors (Lipinski definition) is 4. The van der Waals surface area contributed by atoms with Gasteiger partial charge in [0, 0.05) is 54.5 Å². The Kier molecular flexibility index (Phi) is 5.58. The van der Waals surface area contributed by atoms with Crippen molar-refractivity contribution in [2.24, 2.45) is 0 Å². The average Bonchev–Trinajstić information content (AvgIpc) is 2.80. The topological polar surface area (TPSA) is 38.2 Å². The molecule has 5 rings (SSSR count). The molecule has 0 fully saturated rings. The molecule has 9 heteroatoms. The van der Waals surface area contributed by atoms with Crippen LogP contribution in [0, 0.1) is 5.82 Å². The summed E-state index contributed by atoms with van der Waals surface area (Å²) in [5.41, 5.74) is 3.10. The van der Waals surface area contributed by atoms with Crippen molar-refractivity contribution >= 4 is 16.6 Å². The minimum atomic E-state index is -4.38. The van der Waals surface area contributed by atoms with Crippen molar-refractivity contribution in [2.75, 3.05) is 19.7 Å². The van der Waals surface area contributed by atoms with Crippen molar-refractivity contribution in [2.45, 2.75) is 19.1 Å². The fourth-order valence-corrected chi connectivity index (χ4v) is 4.32. The van der Waals surface area contributed by atoms with Crippen LogP contribution in [0.15, 0.2) is 54.2 Å². The Balaban J connectivity index is 1.32. The standard InChI is InChI=1S/C24H18ClF4N3O/c25-22-16(13-33-21-6-5-18(26)9-19(21)22)12-32-8-7-20-15(11-32)10-30-23(31-20)14-1-3-17(4-2-14)24(27,28)29/h1-6,9-10H,7-8,11-13H2. The minimum absolute atomic E-state index is 0.337. The SMILES string of the molecule is Fc1ccc2c(c1)C(Cl)=C(CN1CCc3nc(-c4ccc(C(F)(F)F)cc4)ncc3C1)CO2. The number of halogens is 5. The van der Waals surface area contributed by atoms with Crippen molar-refractivity contribution in [3.05, 3.63) is 82.4 Å². The second kappa shape index (κ2) is 8.43.